The van der Waals surface area contributed by atoms with Crippen molar-refractivity contribution in [3.63, 3.8) is 0 Å². The van der Waals surface area contributed by atoms with E-state index in [0.29, 0.717) is 37.0 Å². The lowest BCUT2D eigenvalue weighted by atomic mass is 9.73. The molecule has 0 aliphatic heterocycles. The number of esters is 1. The molecule has 0 spiro atoms. The van der Waals surface area contributed by atoms with Gasteiger partial charge in [-0.25, -0.2) is 4.79 Å². The fourth-order valence-electron chi connectivity index (χ4n) is 5.21. The zero-order valence-corrected chi connectivity index (χ0v) is 18.4. The predicted molar refractivity (Wildman–Crippen MR) is 114 cm³/mol. The summed E-state index contributed by atoms with van der Waals surface area (Å²) in [5.41, 5.74) is 2.26. The molecular weight excluding hydrogens is 400 g/mol. The van der Waals surface area contributed by atoms with Crippen LogP contribution in [0.15, 0.2) is 18.2 Å². The minimum Gasteiger partial charge on any atom is -0.482 e. The average molecular weight is 435 g/mol. The number of aliphatic hydroxyl groups is 1. The maximum atomic E-state index is 11.9. The van der Waals surface area contributed by atoms with E-state index in [2.05, 4.69) is 6.07 Å². The summed E-state index contributed by atoms with van der Waals surface area (Å²) < 4.78 is 16.0. The van der Waals surface area contributed by atoms with E-state index in [9.17, 15) is 14.7 Å². The molecule has 2 aliphatic carbocycles. The van der Waals surface area contributed by atoms with Gasteiger partial charge in [0, 0.05) is 20.1 Å². The van der Waals surface area contributed by atoms with Crippen molar-refractivity contribution >= 4 is 11.9 Å². The third-order valence-electron chi connectivity index (χ3n) is 6.67. The van der Waals surface area contributed by atoms with Gasteiger partial charge in [0.15, 0.2) is 6.61 Å². The molecule has 1 saturated carbocycles. The van der Waals surface area contributed by atoms with E-state index >= 15 is 0 Å². The molecule has 1 fully saturated rings. The maximum Gasteiger partial charge on any atom is 0.341 e. The lowest BCUT2D eigenvalue weighted by Crippen LogP contribution is -2.28. The van der Waals surface area contributed by atoms with E-state index in [1.54, 1.807) is 7.11 Å². The van der Waals surface area contributed by atoms with Crippen LogP contribution in [0.2, 0.25) is 0 Å². The number of carbonyl (C=O) groups excluding carboxylic acids is 1. The summed E-state index contributed by atoms with van der Waals surface area (Å²) in [4.78, 5) is 22.8. The van der Waals surface area contributed by atoms with Crippen LogP contribution in [-0.4, -0.2) is 54.7 Å². The van der Waals surface area contributed by atoms with Crippen molar-refractivity contribution in [1.82, 2.24) is 0 Å². The number of aliphatic hydroxyl groups excluding tert-OH is 1. The van der Waals surface area contributed by atoms with Gasteiger partial charge in [-0.05, 0) is 80.4 Å². The highest BCUT2D eigenvalue weighted by Crippen LogP contribution is 2.48. The number of hydrogen-bond donors (Lipinski definition) is 2. The Morgan fingerprint density at radius 1 is 1.26 bits per heavy atom. The van der Waals surface area contributed by atoms with Crippen LogP contribution >= 0.6 is 0 Å². The smallest absolute Gasteiger partial charge is 0.341 e. The van der Waals surface area contributed by atoms with Crippen LogP contribution < -0.4 is 4.74 Å². The van der Waals surface area contributed by atoms with Crippen molar-refractivity contribution < 1.29 is 34.0 Å². The fraction of sp³-hybridized carbons (Fsp3) is 0.667. The first-order chi connectivity index (χ1) is 14.9. The molecule has 5 atom stereocenters. The quantitative estimate of drug-likeness (QED) is 0.408. The first-order valence-electron chi connectivity index (χ1n) is 11.2. The summed E-state index contributed by atoms with van der Waals surface area (Å²) in [6.45, 7) is 2.11. The van der Waals surface area contributed by atoms with Gasteiger partial charge in [-0.3, -0.25) is 4.79 Å². The lowest BCUT2D eigenvalue weighted by molar-refractivity contribution is -0.149. The number of benzene rings is 1. The molecule has 7 nitrogen and oxygen atoms in total. The monoisotopic (exact) mass is 434 g/mol. The van der Waals surface area contributed by atoms with E-state index in [1.807, 2.05) is 19.1 Å². The highest BCUT2D eigenvalue weighted by atomic mass is 16.5. The normalized spacial score (nSPS) is 25.4. The average Bonchev–Trinajstić information content (AvgIpc) is 3.03. The molecule has 3 rings (SSSR count). The molecule has 1 aromatic rings. The van der Waals surface area contributed by atoms with Crippen LogP contribution in [0.5, 0.6) is 5.75 Å². The summed E-state index contributed by atoms with van der Waals surface area (Å²) in [5.74, 6) is 0.364. The van der Waals surface area contributed by atoms with Crippen LogP contribution in [0.3, 0.4) is 0 Å². The number of ether oxygens (including phenoxy) is 3. The van der Waals surface area contributed by atoms with Gasteiger partial charge in [0.2, 0.25) is 0 Å². The number of rotatable bonds is 11. The van der Waals surface area contributed by atoms with Gasteiger partial charge in [-0.1, -0.05) is 12.1 Å². The zero-order valence-electron chi connectivity index (χ0n) is 18.4. The second kappa shape index (κ2) is 11.0. The molecule has 0 aromatic heterocycles. The highest BCUT2D eigenvalue weighted by Gasteiger charge is 2.44. The first kappa shape index (κ1) is 23.5. The maximum absolute atomic E-state index is 11.9. The van der Waals surface area contributed by atoms with Gasteiger partial charge in [0.1, 0.15) is 5.75 Å². The molecule has 31 heavy (non-hydrogen) atoms. The van der Waals surface area contributed by atoms with E-state index in [0.717, 1.165) is 37.7 Å². The van der Waals surface area contributed by atoms with Crippen LogP contribution in [0, 0.1) is 17.8 Å². The fourth-order valence-corrected chi connectivity index (χ4v) is 5.21. The summed E-state index contributed by atoms with van der Waals surface area (Å²) in [7, 11) is 1.61. The Morgan fingerprint density at radius 2 is 2.06 bits per heavy atom. The van der Waals surface area contributed by atoms with Crippen molar-refractivity contribution in [2.75, 3.05) is 20.3 Å². The largest absolute Gasteiger partial charge is 0.482 e. The summed E-state index contributed by atoms with van der Waals surface area (Å²) in [6, 6.07) is 5.81. The number of carboxylic acids is 1. The van der Waals surface area contributed by atoms with Crippen LogP contribution in [0.1, 0.15) is 50.2 Å². The Bertz CT molecular complexity index is 762. The van der Waals surface area contributed by atoms with Gasteiger partial charge < -0.3 is 24.4 Å². The van der Waals surface area contributed by atoms with Crippen molar-refractivity contribution in [1.29, 1.82) is 0 Å². The summed E-state index contributed by atoms with van der Waals surface area (Å²) in [6.07, 6.45) is 4.43. The van der Waals surface area contributed by atoms with E-state index in [1.165, 1.54) is 5.56 Å². The van der Waals surface area contributed by atoms with E-state index < -0.39 is 5.97 Å². The SMILES string of the molecule is COCCCC(=O)O[C@@H](C)CC[C@@H]1[C@H]2Cc3cccc(OCC(=O)O)c3C[C@H]2C[C@H]1O. The second-order valence-corrected chi connectivity index (χ2v) is 8.85. The number of hydrogen-bond acceptors (Lipinski definition) is 6. The molecule has 0 radical (unpaired) electrons. The van der Waals surface area contributed by atoms with Crippen molar-refractivity contribution in [3.05, 3.63) is 29.3 Å². The lowest BCUT2D eigenvalue weighted by Gasteiger charge is -2.32. The number of carbonyl (C=O) groups is 2. The Morgan fingerprint density at radius 3 is 2.81 bits per heavy atom. The van der Waals surface area contributed by atoms with E-state index in [-0.39, 0.29) is 30.7 Å². The molecule has 0 bridgehead atoms. The molecular formula is C24H34O7. The second-order valence-electron chi connectivity index (χ2n) is 8.85. The number of carboxylic acid groups (broad SMARTS) is 1. The first-order valence-corrected chi connectivity index (χ1v) is 11.2. The molecule has 0 amide bonds. The molecule has 0 unspecified atom stereocenters. The minimum absolute atomic E-state index is 0.173. The Balaban J connectivity index is 1.56. The van der Waals surface area contributed by atoms with Crippen molar-refractivity contribution in [3.8, 4) is 5.75 Å². The van der Waals surface area contributed by atoms with Gasteiger partial charge in [0.25, 0.3) is 0 Å². The topological polar surface area (TPSA) is 102 Å². The number of aliphatic carboxylic acids is 1. The van der Waals surface area contributed by atoms with Crippen LogP contribution in [0.4, 0.5) is 0 Å². The highest BCUT2D eigenvalue weighted by molar-refractivity contribution is 5.69. The zero-order chi connectivity index (χ0) is 22.4. The predicted octanol–water partition coefficient (Wildman–Crippen LogP) is 3.00. The van der Waals surface area contributed by atoms with Crippen molar-refractivity contribution in [2.45, 2.75) is 64.1 Å². The van der Waals surface area contributed by atoms with Crippen LogP contribution in [0.25, 0.3) is 0 Å². The number of fused-ring (bicyclic) bond motifs is 2. The van der Waals surface area contributed by atoms with Crippen molar-refractivity contribution in [2.24, 2.45) is 17.8 Å². The van der Waals surface area contributed by atoms with Gasteiger partial charge in [0.05, 0.1) is 12.2 Å². The third-order valence-corrected chi connectivity index (χ3v) is 6.67. The molecule has 0 saturated heterocycles. The van der Waals surface area contributed by atoms with Gasteiger partial charge >= 0.3 is 11.9 Å². The van der Waals surface area contributed by atoms with E-state index in [4.69, 9.17) is 19.3 Å². The van der Waals surface area contributed by atoms with Gasteiger partial charge in [-0.15, -0.1) is 0 Å². The number of methoxy groups -OCH3 is 1. The van der Waals surface area contributed by atoms with Crippen LogP contribution in [-0.2, 0) is 31.9 Å². The Labute approximate surface area is 183 Å². The summed E-state index contributed by atoms with van der Waals surface area (Å²) >= 11 is 0. The van der Waals surface area contributed by atoms with Gasteiger partial charge in [-0.2, -0.15) is 0 Å². The minimum atomic E-state index is -0.990. The molecule has 1 aromatic carbocycles. The molecule has 172 valence electrons. The molecule has 2 N–H and O–H groups in total. The molecule has 7 heteroatoms. The standard InChI is InChI=1S/C24H34O7/c1-15(31-24(28)7-4-10-29-2)8-9-18-19-11-16-5-3-6-22(30-14-23(26)27)20(16)12-17(19)13-21(18)25/h3,5-6,15,17-19,21,25H,4,7-14H2,1-2H3,(H,26,27)/t15-,17-,18+,19-,21+/m0/s1. The molecule has 2 aliphatic rings. The third kappa shape index (κ3) is 6.20. The molecule has 0 heterocycles. The summed E-state index contributed by atoms with van der Waals surface area (Å²) in [5, 5.41) is 19.7. The Kier molecular flexibility index (Phi) is 8.32. The Hall–Kier alpha value is -2.12.